The number of esters is 2. The maximum atomic E-state index is 13.2. The highest BCUT2D eigenvalue weighted by Crippen LogP contribution is 2.45. The summed E-state index contributed by atoms with van der Waals surface area (Å²) in [6, 6.07) is 14.3. The van der Waals surface area contributed by atoms with E-state index in [2.05, 4.69) is 11.4 Å². The number of carbonyl (C=O) groups is 3. The van der Waals surface area contributed by atoms with Crippen LogP contribution >= 0.6 is 0 Å². The Balaban J connectivity index is 2.48. The highest BCUT2D eigenvalue weighted by Gasteiger charge is 2.43. The minimum Gasteiger partial charge on any atom is -0.466 e. The smallest absolute Gasteiger partial charge is 0.355 e. The van der Waals surface area contributed by atoms with Gasteiger partial charge in [-0.2, -0.15) is 5.26 Å². The van der Waals surface area contributed by atoms with Crippen LogP contribution in [0.25, 0.3) is 0 Å². The lowest BCUT2D eigenvalue weighted by molar-refractivity contribution is -0.139. The van der Waals surface area contributed by atoms with Crippen molar-refractivity contribution in [3.05, 3.63) is 81.8 Å². The zero-order chi connectivity index (χ0) is 25.9. The topological polar surface area (TPSA) is 135 Å². The Morgan fingerprint density at radius 3 is 2.17 bits per heavy atom. The quantitative estimate of drug-likeness (QED) is 0.631. The van der Waals surface area contributed by atoms with Crippen LogP contribution in [0.1, 0.15) is 29.5 Å². The van der Waals surface area contributed by atoms with Crippen molar-refractivity contribution in [1.29, 1.82) is 5.26 Å². The van der Waals surface area contributed by atoms with Crippen molar-refractivity contribution in [2.24, 2.45) is 5.73 Å². The second-order valence-corrected chi connectivity index (χ2v) is 7.97. The number of rotatable bonds is 5. The van der Waals surface area contributed by atoms with Gasteiger partial charge in [0, 0.05) is 6.92 Å². The fourth-order valence-electron chi connectivity index (χ4n) is 4.04. The van der Waals surface area contributed by atoms with Gasteiger partial charge in [-0.15, -0.1) is 0 Å². The van der Waals surface area contributed by atoms with Crippen LogP contribution in [0.4, 0.5) is 11.4 Å². The van der Waals surface area contributed by atoms with E-state index < -0.39 is 17.9 Å². The maximum absolute atomic E-state index is 13.2. The van der Waals surface area contributed by atoms with Crippen molar-refractivity contribution in [1.82, 2.24) is 0 Å². The molecule has 3 rings (SSSR count). The maximum Gasteiger partial charge on any atom is 0.355 e. The molecule has 2 aromatic rings. The van der Waals surface area contributed by atoms with Crippen LogP contribution in [0.5, 0.6) is 0 Å². The number of methoxy groups -OCH3 is 2. The molecule has 1 aliphatic heterocycles. The largest absolute Gasteiger partial charge is 0.466 e. The van der Waals surface area contributed by atoms with E-state index >= 15 is 0 Å². The van der Waals surface area contributed by atoms with Crippen LogP contribution in [0, 0.1) is 25.2 Å². The van der Waals surface area contributed by atoms with E-state index in [-0.39, 0.29) is 28.6 Å². The van der Waals surface area contributed by atoms with Crippen molar-refractivity contribution in [3.8, 4) is 6.07 Å². The summed E-state index contributed by atoms with van der Waals surface area (Å²) in [5.41, 5.74) is 9.16. The Hall–Kier alpha value is -4.58. The van der Waals surface area contributed by atoms with Crippen LogP contribution in [0.2, 0.25) is 0 Å². The van der Waals surface area contributed by atoms with Crippen molar-refractivity contribution < 1.29 is 23.9 Å². The summed E-state index contributed by atoms with van der Waals surface area (Å²) in [7, 11) is 2.36. The molecule has 0 spiro atoms. The molecule has 3 N–H and O–H groups in total. The molecule has 0 fully saturated rings. The SMILES string of the molecule is COC(=O)C1=C(C(=O)OC)N(c2cc(C)c(C)cc2NC(C)=O)C(N)=C(C#N)C1c1ccccc1. The molecule has 0 bridgehead atoms. The number of anilines is 2. The molecule has 35 heavy (non-hydrogen) atoms. The van der Waals surface area contributed by atoms with Crippen molar-refractivity contribution >= 4 is 29.2 Å². The molecule has 2 aromatic carbocycles. The van der Waals surface area contributed by atoms with Crippen molar-refractivity contribution in [2.45, 2.75) is 26.7 Å². The molecule has 0 aromatic heterocycles. The molecule has 1 aliphatic rings. The second-order valence-electron chi connectivity index (χ2n) is 7.97. The third kappa shape index (κ3) is 4.59. The summed E-state index contributed by atoms with van der Waals surface area (Å²) >= 11 is 0. The first-order chi connectivity index (χ1) is 16.7. The first-order valence-electron chi connectivity index (χ1n) is 10.7. The van der Waals surface area contributed by atoms with Crippen LogP contribution in [-0.2, 0) is 23.9 Å². The van der Waals surface area contributed by atoms with Crippen molar-refractivity contribution in [2.75, 3.05) is 24.4 Å². The van der Waals surface area contributed by atoms with Gasteiger partial charge in [-0.05, 0) is 42.7 Å². The van der Waals surface area contributed by atoms with Crippen molar-refractivity contribution in [3.63, 3.8) is 0 Å². The number of benzene rings is 2. The monoisotopic (exact) mass is 474 g/mol. The fraction of sp³-hybridized carbons (Fsp3) is 0.231. The fourth-order valence-corrected chi connectivity index (χ4v) is 4.04. The number of hydrogen-bond donors (Lipinski definition) is 2. The summed E-state index contributed by atoms with van der Waals surface area (Å²) in [4.78, 5) is 39.6. The number of carbonyl (C=O) groups excluding carboxylic acids is 3. The molecule has 0 aliphatic carbocycles. The highest BCUT2D eigenvalue weighted by atomic mass is 16.5. The van der Waals surface area contributed by atoms with E-state index in [1.165, 1.54) is 26.0 Å². The molecule has 1 atom stereocenters. The number of nitrogens with one attached hydrogen (secondary N) is 1. The summed E-state index contributed by atoms with van der Waals surface area (Å²) in [6.07, 6.45) is 0. The highest BCUT2D eigenvalue weighted by molar-refractivity contribution is 6.07. The first kappa shape index (κ1) is 25.1. The minimum atomic E-state index is -0.977. The van der Waals surface area contributed by atoms with Crippen LogP contribution in [0.3, 0.4) is 0 Å². The summed E-state index contributed by atoms with van der Waals surface area (Å²) in [6.45, 7) is 5.06. The van der Waals surface area contributed by atoms with Gasteiger partial charge in [-0.1, -0.05) is 30.3 Å². The lowest BCUT2D eigenvalue weighted by Crippen LogP contribution is -2.41. The van der Waals surface area contributed by atoms with Crippen LogP contribution in [0.15, 0.2) is 65.1 Å². The third-order valence-electron chi connectivity index (χ3n) is 5.77. The molecule has 180 valence electrons. The van der Waals surface area contributed by atoms with Crippen LogP contribution < -0.4 is 16.0 Å². The van der Waals surface area contributed by atoms with Gasteiger partial charge in [0.15, 0.2) is 0 Å². The van der Waals surface area contributed by atoms with Gasteiger partial charge in [-0.25, -0.2) is 9.59 Å². The van der Waals surface area contributed by atoms with E-state index in [9.17, 15) is 19.6 Å². The van der Waals surface area contributed by atoms with Gasteiger partial charge in [-0.3, -0.25) is 9.69 Å². The zero-order valence-electron chi connectivity index (χ0n) is 20.1. The average Bonchev–Trinajstić information content (AvgIpc) is 2.84. The Morgan fingerprint density at radius 2 is 1.63 bits per heavy atom. The Labute approximate surface area is 203 Å². The lowest BCUT2D eigenvalue weighted by Gasteiger charge is -2.37. The van der Waals surface area contributed by atoms with Gasteiger partial charge in [0.05, 0.1) is 48.7 Å². The zero-order valence-corrected chi connectivity index (χ0v) is 20.1. The second kappa shape index (κ2) is 10.1. The molecular formula is C26H26N4O5. The molecule has 9 heteroatoms. The standard InChI is InChI=1S/C26H26N4O5/c1-14-11-19(29-16(3)31)20(12-15(14)2)30-23(26(33)35-5)22(25(32)34-4)21(18(13-27)24(30)28)17-9-7-6-8-10-17/h6-12,21H,28H2,1-5H3,(H,29,31). The molecule has 1 amide bonds. The van der Waals surface area contributed by atoms with E-state index in [1.807, 2.05) is 13.8 Å². The number of aryl methyl sites for hydroxylation is 2. The summed E-state index contributed by atoms with van der Waals surface area (Å²) < 4.78 is 10.1. The number of nitriles is 1. The normalized spacial score (nSPS) is 15.4. The van der Waals surface area contributed by atoms with Crippen LogP contribution in [-0.4, -0.2) is 32.1 Å². The van der Waals surface area contributed by atoms with E-state index in [4.69, 9.17) is 15.2 Å². The number of hydrogen-bond acceptors (Lipinski definition) is 8. The summed E-state index contributed by atoms with van der Waals surface area (Å²) in [5, 5.41) is 12.9. The molecule has 1 heterocycles. The molecule has 0 radical (unpaired) electrons. The predicted octanol–water partition coefficient (Wildman–Crippen LogP) is 3.16. The molecular weight excluding hydrogens is 448 g/mol. The number of nitrogens with zero attached hydrogens (tertiary/aromatic N) is 2. The number of amides is 1. The minimum absolute atomic E-state index is 0.0382. The lowest BCUT2D eigenvalue weighted by atomic mass is 9.80. The molecule has 0 saturated heterocycles. The van der Waals surface area contributed by atoms with E-state index in [1.54, 1.807) is 42.5 Å². The predicted molar refractivity (Wildman–Crippen MR) is 130 cm³/mol. The number of nitrogens with two attached hydrogens (primary N) is 1. The molecule has 1 unspecified atom stereocenters. The Morgan fingerprint density at radius 1 is 1.03 bits per heavy atom. The van der Waals surface area contributed by atoms with Gasteiger partial charge in [0.2, 0.25) is 5.91 Å². The third-order valence-corrected chi connectivity index (χ3v) is 5.77. The van der Waals surface area contributed by atoms with E-state index in [0.29, 0.717) is 16.9 Å². The number of ether oxygens (including phenoxy) is 2. The van der Waals surface area contributed by atoms with E-state index in [0.717, 1.165) is 11.1 Å². The number of allylic oxidation sites excluding steroid dienone is 1. The average molecular weight is 475 g/mol. The van der Waals surface area contributed by atoms with Gasteiger partial charge in [0.1, 0.15) is 11.5 Å². The van der Waals surface area contributed by atoms with Gasteiger partial charge < -0.3 is 20.5 Å². The Kier molecular flexibility index (Phi) is 7.25. The Bertz CT molecular complexity index is 1310. The van der Waals surface area contributed by atoms with Gasteiger partial charge >= 0.3 is 11.9 Å². The molecule has 9 nitrogen and oxygen atoms in total. The van der Waals surface area contributed by atoms with Gasteiger partial charge in [0.25, 0.3) is 0 Å². The first-order valence-corrected chi connectivity index (χ1v) is 10.7. The summed E-state index contributed by atoms with van der Waals surface area (Å²) in [5.74, 6) is -3.10. The molecule has 0 saturated carbocycles.